The summed E-state index contributed by atoms with van der Waals surface area (Å²) in [6.45, 7) is 5.22. The fourth-order valence-electron chi connectivity index (χ4n) is 3.46. The van der Waals surface area contributed by atoms with E-state index in [1.165, 1.54) is 6.92 Å². The number of Topliss-reactive ketones (excluding diaryl/α,β-unsaturated/α-hetero) is 2. The second kappa shape index (κ2) is 10.7. The smallest absolute Gasteiger partial charge is 0.226 e. The van der Waals surface area contributed by atoms with Crippen LogP contribution in [0.5, 0.6) is 0 Å². The lowest BCUT2D eigenvalue weighted by molar-refractivity contribution is -0.137. The molecular weight excluding hydrogens is 336 g/mol. The first-order chi connectivity index (χ1) is 12.2. The van der Waals surface area contributed by atoms with E-state index in [0.29, 0.717) is 25.7 Å². The summed E-state index contributed by atoms with van der Waals surface area (Å²) in [5.41, 5.74) is 5.54. The SMILES string of the molecule is CC(C)C(=O)[C@H](CCN)NC(=O)[C@@H](CC(=O)C1CCCC(O)C1)C(C)O. The summed E-state index contributed by atoms with van der Waals surface area (Å²) in [5, 5.41) is 22.4. The molecule has 150 valence electrons. The molecule has 1 amide bonds. The van der Waals surface area contributed by atoms with Gasteiger partial charge in [0.2, 0.25) is 5.91 Å². The Balaban J connectivity index is 2.76. The van der Waals surface area contributed by atoms with Crippen molar-refractivity contribution in [2.45, 2.75) is 77.5 Å². The van der Waals surface area contributed by atoms with Gasteiger partial charge in [-0.05, 0) is 39.2 Å². The number of rotatable bonds is 10. The summed E-state index contributed by atoms with van der Waals surface area (Å²) in [7, 11) is 0. The summed E-state index contributed by atoms with van der Waals surface area (Å²) in [4.78, 5) is 37.4. The van der Waals surface area contributed by atoms with E-state index in [1.54, 1.807) is 13.8 Å². The molecule has 0 heterocycles. The predicted octanol–water partition coefficient (Wildman–Crippen LogP) is 0.552. The molecule has 1 aliphatic rings. The molecular formula is C19H34N2O5. The Morgan fingerprint density at radius 2 is 1.85 bits per heavy atom. The molecule has 0 saturated heterocycles. The van der Waals surface area contributed by atoms with Crippen molar-refractivity contribution in [1.82, 2.24) is 5.32 Å². The van der Waals surface area contributed by atoms with E-state index in [1.807, 2.05) is 0 Å². The summed E-state index contributed by atoms with van der Waals surface area (Å²) in [6.07, 6.45) is 1.33. The number of amides is 1. The standard InChI is InChI=1S/C19H34N2O5/c1-11(2)18(25)16(7-8-20)21-19(26)15(12(3)22)10-17(24)13-5-4-6-14(23)9-13/h11-16,22-23H,4-10,20H2,1-3H3,(H,21,26)/t12?,13?,14?,15-,16-/m0/s1. The van der Waals surface area contributed by atoms with Crippen molar-refractivity contribution in [1.29, 1.82) is 0 Å². The number of nitrogens with one attached hydrogen (secondary N) is 1. The van der Waals surface area contributed by atoms with Gasteiger partial charge in [0.25, 0.3) is 0 Å². The van der Waals surface area contributed by atoms with Gasteiger partial charge in [-0.15, -0.1) is 0 Å². The van der Waals surface area contributed by atoms with E-state index in [2.05, 4.69) is 5.32 Å². The van der Waals surface area contributed by atoms with Crippen LogP contribution in [0.15, 0.2) is 0 Å². The van der Waals surface area contributed by atoms with E-state index < -0.39 is 30.1 Å². The van der Waals surface area contributed by atoms with Crippen molar-refractivity contribution in [2.24, 2.45) is 23.5 Å². The maximum Gasteiger partial charge on any atom is 0.226 e. The lowest BCUT2D eigenvalue weighted by Gasteiger charge is -2.28. The predicted molar refractivity (Wildman–Crippen MR) is 98.2 cm³/mol. The van der Waals surface area contributed by atoms with Crippen LogP contribution in [0, 0.1) is 17.8 Å². The Kier molecular flexibility index (Phi) is 9.39. The average molecular weight is 370 g/mol. The molecule has 0 aromatic heterocycles. The molecule has 0 bridgehead atoms. The zero-order valence-corrected chi connectivity index (χ0v) is 16.1. The van der Waals surface area contributed by atoms with Crippen LogP contribution >= 0.6 is 0 Å². The van der Waals surface area contributed by atoms with Crippen LogP contribution in [0.2, 0.25) is 0 Å². The van der Waals surface area contributed by atoms with Crippen molar-refractivity contribution in [3.8, 4) is 0 Å². The highest BCUT2D eigenvalue weighted by molar-refractivity contribution is 5.93. The Bertz CT molecular complexity index is 492. The zero-order valence-electron chi connectivity index (χ0n) is 16.1. The number of nitrogens with two attached hydrogens (primary N) is 1. The fraction of sp³-hybridized carbons (Fsp3) is 0.842. The van der Waals surface area contributed by atoms with Gasteiger partial charge in [-0.1, -0.05) is 20.3 Å². The lowest BCUT2D eigenvalue weighted by Crippen LogP contribution is -2.48. The van der Waals surface area contributed by atoms with Crippen molar-refractivity contribution < 1.29 is 24.6 Å². The lowest BCUT2D eigenvalue weighted by atomic mass is 9.81. The zero-order chi connectivity index (χ0) is 19.9. The Morgan fingerprint density at radius 3 is 2.35 bits per heavy atom. The van der Waals surface area contributed by atoms with Crippen LogP contribution in [-0.2, 0) is 14.4 Å². The van der Waals surface area contributed by atoms with Crippen LogP contribution in [-0.4, -0.2) is 52.5 Å². The van der Waals surface area contributed by atoms with Gasteiger partial charge in [0.15, 0.2) is 5.78 Å². The molecule has 7 heteroatoms. The normalized spacial score (nSPS) is 24.0. The Morgan fingerprint density at radius 1 is 1.19 bits per heavy atom. The number of aliphatic hydroxyl groups excluding tert-OH is 2. The quantitative estimate of drug-likeness (QED) is 0.444. The summed E-state index contributed by atoms with van der Waals surface area (Å²) >= 11 is 0. The molecule has 0 spiro atoms. The third-order valence-electron chi connectivity index (χ3n) is 5.13. The van der Waals surface area contributed by atoms with Crippen LogP contribution in [0.4, 0.5) is 0 Å². The number of hydrogen-bond donors (Lipinski definition) is 4. The maximum absolute atomic E-state index is 12.6. The van der Waals surface area contributed by atoms with E-state index >= 15 is 0 Å². The monoisotopic (exact) mass is 370 g/mol. The second-order valence-electron chi connectivity index (χ2n) is 7.73. The summed E-state index contributed by atoms with van der Waals surface area (Å²) in [5.74, 6) is -2.17. The highest BCUT2D eigenvalue weighted by Gasteiger charge is 2.34. The molecule has 1 fully saturated rings. The van der Waals surface area contributed by atoms with E-state index in [4.69, 9.17) is 5.73 Å². The molecule has 0 radical (unpaired) electrons. The van der Waals surface area contributed by atoms with Crippen LogP contribution in [0.25, 0.3) is 0 Å². The molecule has 5 N–H and O–H groups in total. The third kappa shape index (κ3) is 6.78. The Labute approximate surface area is 155 Å². The van der Waals surface area contributed by atoms with Crippen molar-refractivity contribution in [3.05, 3.63) is 0 Å². The molecule has 0 aliphatic heterocycles. The van der Waals surface area contributed by atoms with Crippen molar-refractivity contribution in [2.75, 3.05) is 6.54 Å². The minimum absolute atomic E-state index is 0.0912. The minimum Gasteiger partial charge on any atom is -0.393 e. The summed E-state index contributed by atoms with van der Waals surface area (Å²) in [6, 6.07) is -0.708. The molecule has 5 atom stereocenters. The van der Waals surface area contributed by atoms with Gasteiger partial charge < -0.3 is 21.3 Å². The summed E-state index contributed by atoms with van der Waals surface area (Å²) < 4.78 is 0. The molecule has 0 aromatic rings. The molecule has 1 saturated carbocycles. The van der Waals surface area contributed by atoms with Crippen LogP contribution in [0.3, 0.4) is 0 Å². The molecule has 26 heavy (non-hydrogen) atoms. The minimum atomic E-state index is -1.01. The van der Waals surface area contributed by atoms with Gasteiger partial charge in [-0.25, -0.2) is 0 Å². The number of hydrogen-bond acceptors (Lipinski definition) is 6. The number of carbonyl (C=O) groups is 3. The van der Waals surface area contributed by atoms with E-state index in [-0.39, 0.29) is 36.4 Å². The van der Waals surface area contributed by atoms with Gasteiger partial charge >= 0.3 is 0 Å². The first kappa shape index (κ1) is 22.7. The van der Waals surface area contributed by atoms with Gasteiger partial charge in [0, 0.05) is 18.3 Å². The fourth-order valence-corrected chi connectivity index (χ4v) is 3.46. The highest BCUT2D eigenvalue weighted by atomic mass is 16.3. The first-order valence-electron chi connectivity index (χ1n) is 9.60. The highest BCUT2D eigenvalue weighted by Crippen LogP contribution is 2.27. The number of aliphatic hydroxyl groups is 2. The molecule has 7 nitrogen and oxygen atoms in total. The molecule has 3 unspecified atom stereocenters. The van der Waals surface area contributed by atoms with Crippen LogP contribution in [0.1, 0.15) is 59.3 Å². The maximum atomic E-state index is 12.6. The number of ketones is 2. The van der Waals surface area contributed by atoms with Gasteiger partial charge in [0.1, 0.15) is 5.78 Å². The topological polar surface area (TPSA) is 130 Å². The Hall–Kier alpha value is -1.31. The van der Waals surface area contributed by atoms with Crippen LogP contribution < -0.4 is 11.1 Å². The average Bonchev–Trinajstić information content (AvgIpc) is 2.57. The number of carbonyl (C=O) groups excluding carboxylic acids is 3. The van der Waals surface area contributed by atoms with Gasteiger partial charge in [-0.2, -0.15) is 0 Å². The largest absolute Gasteiger partial charge is 0.393 e. The first-order valence-corrected chi connectivity index (χ1v) is 9.60. The second-order valence-corrected chi connectivity index (χ2v) is 7.73. The van der Waals surface area contributed by atoms with Crippen molar-refractivity contribution >= 4 is 17.5 Å². The molecule has 1 aliphatic carbocycles. The van der Waals surface area contributed by atoms with E-state index in [0.717, 1.165) is 6.42 Å². The van der Waals surface area contributed by atoms with Gasteiger partial charge in [-0.3, -0.25) is 14.4 Å². The van der Waals surface area contributed by atoms with Crippen molar-refractivity contribution in [3.63, 3.8) is 0 Å². The molecule has 0 aromatic carbocycles. The third-order valence-corrected chi connectivity index (χ3v) is 5.13. The molecule has 1 rings (SSSR count). The van der Waals surface area contributed by atoms with E-state index in [9.17, 15) is 24.6 Å². The van der Waals surface area contributed by atoms with Gasteiger partial charge in [0.05, 0.1) is 24.2 Å².